The highest BCUT2D eigenvalue weighted by Crippen LogP contribution is 2.62. The Hall–Kier alpha value is -0.600. The number of nitrogens with zero attached hydrogens (tertiary/aromatic N) is 1. The van der Waals surface area contributed by atoms with Gasteiger partial charge in [0.1, 0.15) is 0 Å². The zero-order valence-electron chi connectivity index (χ0n) is 9.30. The first kappa shape index (κ1) is 15.5. The Kier molecular flexibility index (Phi) is 3.61. The van der Waals surface area contributed by atoms with E-state index >= 15 is 0 Å². The van der Waals surface area contributed by atoms with E-state index in [0.29, 0.717) is 6.42 Å². The first-order valence-corrected chi connectivity index (χ1v) is 5.23. The molecule has 108 valence electrons. The van der Waals surface area contributed by atoms with Crippen LogP contribution in [0.2, 0.25) is 0 Å². The maximum atomic E-state index is 13.0. The van der Waals surface area contributed by atoms with E-state index in [1.807, 2.05) is 0 Å². The van der Waals surface area contributed by atoms with Gasteiger partial charge in [0.25, 0.3) is 0 Å². The van der Waals surface area contributed by atoms with Crippen molar-refractivity contribution in [2.75, 3.05) is 6.54 Å². The van der Waals surface area contributed by atoms with Crippen LogP contribution in [0.15, 0.2) is 0 Å². The molecule has 0 unspecified atom stereocenters. The maximum absolute atomic E-state index is 13.0. The van der Waals surface area contributed by atoms with E-state index in [1.165, 1.54) is 0 Å². The minimum atomic E-state index is -6.10. The molecule has 0 aromatic rings. The summed E-state index contributed by atoms with van der Waals surface area (Å²) in [5.74, 6) is -12.2. The van der Waals surface area contributed by atoms with Crippen LogP contribution in [-0.2, 0) is 0 Å². The summed E-state index contributed by atoms with van der Waals surface area (Å²) < 4.78 is 103. The Morgan fingerprint density at radius 3 is 1.44 bits per heavy atom. The number of likely N-dealkylation sites (tertiary alicyclic amines) is 1. The molecule has 0 bridgehead atoms. The number of hydrogen-bond donors (Lipinski definition) is 0. The van der Waals surface area contributed by atoms with Crippen molar-refractivity contribution in [2.45, 2.75) is 50.1 Å². The second-order valence-electron chi connectivity index (χ2n) is 4.09. The van der Waals surface area contributed by atoms with Crippen molar-refractivity contribution in [1.29, 1.82) is 0 Å². The van der Waals surface area contributed by atoms with Gasteiger partial charge >= 0.3 is 23.9 Å². The molecule has 1 nitrogen and oxygen atoms in total. The molecule has 0 saturated carbocycles. The Balaban J connectivity index is 3.09. The van der Waals surface area contributed by atoms with Crippen molar-refractivity contribution in [3.05, 3.63) is 0 Å². The monoisotopic (exact) mass is 285 g/mol. The molecule has 18 heavy (non-hydrogen) atoms. The Morgan fingerprint density at radius 2 is 1.11 bits per heavy atom. The van der Waals surface area contributed by atoms with E-state index in [4.69, 9.17) is 0 Å². The van der Waals surface area contributed by atoms with E-state index < -0.39 is 35.4 Å². The van der Waals surface area contributed by atoms with Crippen LogP contribution in [0.3, 0.4) is 0 Å². The normalized spacial score (nSPS) is 28.5. The van der Waals surface area contributed by atoms with Gasteiger partial charge in [-0.3, -0.25) is 0 Å². The average molecular weight is 285 g/mol. The fraction of sp³-hybridized carbons (Fsp3) is 1.00. The summed E-state index contributed by atoms with van der Waals surface area (Å²) in [6.45, 7) is 0.391. The van der Waals surface area contributed by atoms with Gasteiger partial charge in [-0.15, -0.1) is 0 Å². The largest absolute Gasteiger partial charge is 0.394 e. The van der Waals surface area contributed by atoms with Crippen LogP contribution in [0.25, 0.3) is 0 Å². The van der Waals surface area contributed by atoms with Crippen LogP contribution in [0, 0.1) is 0 Å². The minimum absolute atomic E-state index is 0.194. The quantitative estimate of drug-likeness (QED) is 0.429. The molecule has 0 aliphatic carbocycles. The van der Waals surface area contributed by atoms with Crippen molar-refractivity contribution in [2.24, 2.45) is 0 Å². The molecule has 1 aliphatic heterocycles. The van der Waals surface area contributed by atoms with Gasteiger partial charge in [-0.2, -0.15) is 40.0 Å². The lowest BCUT2D eigenvalue weighted by molar-refractivity contribution is -0.303. The van der Waals surface area contributed by atoms with Crippen molar-refractivity contribution < 1.29 is 35.1 Å². The third-order valence-electron chi connectivity index (χ3n) is 2.81. The standard InChI is InChI=1S/C9H11F8N/c1-2-3-4-5-18-8(14,15)6(10,11)7(12,13)9(18,16)17/h2-5H2,1H3. The van der Waals surface area contributed by atoms with Crippen LogP contribution in [0.5, 0.6) is 0 Å². The van der Waals surface area contributed by atoms with E-state index in [0.717, 1.165) is 0 Å². The SMILES string of the molecule is CCCCCN1C(F)(F)C(F)(F)C(F)(F)C1(F)F. The maximum Gasteiger partial charge on any atom is 0.394 e. The predicted molar refractivity (Wildman–Crippen MR) is 46.0 cm³/mol. The predicted octanol–water partition coefficient (Wildman–Crippen LogP) is 3.95. The van der Waals surface area contributed by atoms with E-state index in [9.17, 15) is 35.1 Å². The first-order valence-electron chi connectivity index (χ1n) is 5.23. The molecule has 0 atom stereocenters. The smallest absolute Gasteiger partial charge is 0.191 e. The van der Waals surface area contributed by atoms with E-state index in [2.05, 4.69) is 0 Å². The number of alkyl halides is 8. The van der Waals surface area contributed by atoms with Crippen molar-refractivity contribution in [1.82, 2.24) is 4.90 Å². The summed E-state index contributed by atoms with van der Waals surface area (Å²) in [4.78, 5) is -1.39. The third kappa shape index (κ3) is 1.70. The lowest BCUT2D eigenvalue weighted by Gasteiger charge is -2.27. The molecule has 1 saturated heterocycles. The zero-order chi connectivity index (χ0) is 14.4. The fourth-order valence-corrected chi connectivity index (χ4v) is 1.69. The van der Waals surface area contributed by atoms with Gasteiger partial charge in [0.15, 0.2) is 0 Å². The summed E-state index contributed by atoms with van der Waals surface area (Å²) >= 11 is 0. The van der Waals surface area contributed by atoms with Gasteiger partial charge in [-0.05, 0) is 6.42 Å². The molecule has 1 rings (SSSR count). The lowest BCUT2D eigenvalue weighted by Crippen LogP contribution is -2.51. The Labute approximate surface area is 97.7 Å². The first-order chi connectivity index (χ1) is 7.94. The van der Waals surface area contributed by atoms with Crippen LogP contribution in [0.1, 0.15) is 26.2 Å². The molecular weight excluding hydrogens is 274 g/mol. The number of halogens is 8. The van der Waals surface area contributed by atoms with Gasteiger partial charge in [0.05, 0.1) is 0 Å². The Bertz CT molecular complexity index is 288. The summed E-state index contributed by atoms with van der Waals surface area (Å²) in [6, 6.07) is -11.2. The van der Waals surface area contributed by atoms with Gasteiger partial charge < -0.3 is 0 Å². The van der Waals surface area contributed by atoms with Gasteiger partial charge in [-0.1, -0.05) is 19.8 Å². The average Bonchev–Trinajstić information content (AvgIpc) is 2.27. The molecule has 0 aromatic carbocycles. The molecule has 1 heterocycles. The van der Waals surface area contributed by atoms with Crippen molar-refractivity contribution >= 4 is 0 Å². The number of hydrogen-bond acceptors (Lipinski definition) is 1. The topological polar surface area (TPSA) is 3.24 Å². The highest BCUT2D eigenvalue weighted by atomic mass is 19.4. The van der Waals surface area contributed by atoms with Crippen LogP contribution in [-0.4, -0.2) is 35.4 Å². The summed E-state index contributed by atoms with van der Waals surface area (Å²) in [6.07, 6.45) is 0.339. The number of rotatable bonds is 4. The Morgan fingerprint density at radius 1 is 0.722 bits per heavy atom. The highest BCUT2D eigenvalue weighted by Gasteiger charge is 2.92. The molecule has 0 N–H and O–H groups in total. The second kappa shape index (κ2) is 4.21. The van der Waals surface area contributed by atoms with Gasteiger partial charge in [-0.25, -0.2) is 0 Å². The minimum Gasteiger partial charge on any atom is -0.191 e. The fourth-order valence-electron chi connectivity index (χ4n) is 1.69. The van der Waals surface area contributed by atoms with Gasteiger partial charge in [0.2, 0.25) is 0 Å². The summed E-state index contributed by atoms with van der Waals surface area (Å²) in [5, 5.41) is 0. The molecular formula is C9H11F8N. The van der Waals surface area contributed by atoms with Crippen LogP contribution < -0.4 is 0 Å². The highest BCUT2D eigenvalue weighted by molar-refractivity contribution is 5.11. The summed E-state index contributed by atoms with van der Waals surface area (Å²) in [5.41, 5.74) is 0. The van der Waals surface area contributed by atoms with Crippen molar-refractivity contribution in [3.8, 4) is 0 Å². The molecule has 1 aliphatic rings. The molecule has 9 heteroatoms. The molecule has 0 spiro atoms. The van der Waals surface area contributed by atoms with E-state index in [-0.39, 0.29) is 12.8 Å². The lowest BCUT2D eigenvalue weighted by atomic mass is 10.2. The molecule has 0 aromatic heterocycles. The zero-order valence-corrected chi connectivity index (χ0v) is 9.30. The molecule has 0 amide bonds. The van der Waals surface area contributed by atoms with Gasteiger partial charge in [0, 0.05) is 6.54 Å². The molecule has 1 fully saturated rings. The van der Waals surface area contributed by atoms with Crippen LogP contribution in [0.4, 0.5) is 35.1 Å². The van der Waals surface area contributed by atoms with E-state index in [1.54, 1.807) is 6.92 Å². The second-order valence-corrected chi connectivity index (χ2v) is 4.09. The van der Waals surface area contributed by atoms with Crippen LogP contribution >= 0.6 is 0 Å². The van der Waals surface area contributed by atoms with Crippen molar-refractivity contribution in [3.63, 3.8) is 0 Å². The molecule has 0 radical (unpaired) electrons. The number of unbranched alkanes of at least 4 members (excludes halogenated alkanes) is 2. The summed E-state index contributed by atoms with van der Waals surface area (Å²) in [7, 11) is 0. The third-order valence-corrected chi connectivity index (χ3v) is 2.81.